The molecule has 0 bridgehead atoms. The summed E-state index contributed by atoms with van der Waals surface area (Å²) in [6, 6.07) is 6.91. The molecule has 2 heterocycles. The van der Waals surface area contributed by atoms with E-state index in [0.29, 0.717) is 56.9 Å². The number of aliphatic imine (C=N–C) groups is 1. The molecule has 2 fully saturated rings. The van der Waals surface area contributed by atoms with Crippen LogP contribution in [-0.2, 0) is 4.79 Å². The summed E-state index contributed by atoms with van der Waals surface area (Å²) in [5, 5.41) is 2.41. The minimum absolute atomic E-state index is 0.0718. The number of dihydropyridines is 1. The normalized spacial score (nSPS) is 18.9. The number of ether oxygens (including phenoxy) is 1. The predicted molar refractivity (Wildman–Crippen MR) is 130 cm³/mol. The van der Waals surface area contributed by atoms with Gasteiger partial charge in [-0.05, 0) is 37.0 Å². The van der Waals surface area contributed by atoms with Crippen LogP contribution in [0.1, 0.15) is 55.3 Å². The predicted octanol–water partition coefficient (Wildman–Crippen LogP) is 3.43. The first-order chi connectivity index (χ1) is 16.6. The van der Waals surface area contributed by atoms with Crippen molar-refractivity contribution in [3.63, 3.8) is 0 Å². The first-order valence-electron chi connectivity index (χ1n) is 12.4. The van der Waals surface area contributed by atoms with Gasteiger partial charge in [0.05, 0.1) is 12.2 Å². The second-order valence-corrected chi connectivity index (χ2v) is 9.19. The number of nitrogens with zero attached hydrogens (tertiary/aromatic N) is 3. The van der Waals surface area contributed by atoms with E-state index in [1.165, 1.54) is 38.3 Å². The second-order valence-electron chi connectivity index (χ2n) is 9.19. The van der Waals surface area contributed by atoms with Crippen molar-refractivity contribution in [2.45, 2.75) is 44.9 Å². The van der Waals surface area contributed by atoms with Gasteiger partial charge in [0.1, 0.15) is 5.75 Å². The topological polar surface area (TPSA) is 91.3 Å². The average Bonchev–Trinajstić information content (AvgIpc) is 2.89. The van der Waals surface area contributed by atoms with Gasteiger partial charge in [-0.3, -0.25) is 19.9 Å². The van der Waals surface area contributed by atoms with E-state index in [2.05, 4.69) is 10.3 Å². The van der Waals surface area contributed by atoms with E-state index in [4.69, 9.17) is 4.74 Å². The van der Waals surface area contributed by atoms with Crippen LogP contribution < -0.4 is 10.1 Å². The van der Waals surface area contributed by atoms with Crippen molar-refractivity contribution in [2.75, 3.05) is 39.3 Å². The Morgan fingerprint density at radius 1 is 1.03 bits per heavy atom. The van der Waals surface area contributed by atoms with E-state index in [1.807, 2.05) is 12.1 Å². The number of imide groups is 1. The van der Waals surface area contributed by atoms with E-state index >= 15 is 0 Å². The highest BCUT2D eigenvalue weighted by atomic mass is 16.5. The third-order valence-electron chi connectivity index (χ3n) is 6.79. The monoisotopic (exact) mass is 466 g/mol. The fourth-order valence-corrected chi connectivity index (χ4v) is 4.74. The van der Waals surface area contributed by atoms with Gasteiger partial charge in [-0.1, -0.05) is 44.2 Å². The fraction of sp³-hybridized carbons (Fsp3) is 0.538. The number of carbonyl (C=O) groups is 3. The zero-order valence-corrected chi connectivity index (χ0v) is 19.7. The number of urea groups is 1. The molecule has 1 aliphatic carbocycles. The lowest BCUT2D eigenvalue weighted by Gasteiger charge is -2.34. The second kappa shape index (κ2) is 11.8. The lowest BCUT2D eigenvalue weighted by Crippen LogP contribution is -2.54. The van der Waals surface area contributed by atoms with Gasteiger partial charge in [0.2, 0.25) is 0 Å². The number of piperazine rings is 1. The van der Waals surface area contributed by atoms with Gasteiger partial charge in [0.15, 0.2) is 0 Å². The van der Waals surface area contributed by atoms with Gasteiger partial charge < -0.3 is 14.5 Å². The molecule has 0 aromatic heterocycles. The molecule has 1 saturated heterocycles. The summed E-state index contributed by atoms with van der Waals surface area (Å²) in [7, 11) is 0. The van der Waals surface area contributed by atoms with Crippen molar-refractivity contribution in [2.24, 2.45) is 10.9 Å². The molecule has 1 saturated carbocycles. The Morgan fingerprint density at radius 3 is 2.53 bits per heavy atom. The maximum absolute atomic E-state index is 13.0. The standard InChI is InChI=1S/C26H34N4O4/c31-24(22-9-5-12-27-19-22)28-26(33)30-15-13-29(14-16-30)25(32)21-8-4-10-23(18-21)34-17-11-20-6-2-1-3-7-20/h4,8-10,18-20H,1-3,5-7,11-17H2,(H,28,31,33). The summed E-state index contributed by atoms with van der Waals surface area (Å²) in [5.74, 6) is 0.971. The SMILES string of the molecule is O=C(NC(=O)N1CCN(C(=O)c2cccc(OCCC3CCCCC3)c2)CC1)C1=CCCN=C1. The van der Waals surface area contributed by atoms with E-state index in [1.54, 1.807) is 28.0 Å². The molecule has 1 aromatic carbocycles. The first kappa shape index (κ1) is 24.0. The summed E-state index contributed by atoms with van der Waals surface area (Å²) in [5.41, 5.74) is 1.00. The summed E-state index contributed by atoms with van der Waals surface area (Å²) in [6.07, 6.45) is 11.6. The average molecular weight is 467 g/mol. The summed E-state index contributed by atoms with van der Waals surface area (Å²) in [6.45, 7) is 2.91. The van der Waals surface area contributed by atoms with Gasteiger partial charge in [0, 0.05) is 44.5 Å². The Morgan fingerprint density at radius 2 is 1.79 bits per heavy atom. The molecule has 0 radical (unpaired) electrons. The molecule has 0 spiro atoms. The van der Waals surface area contributed by atoms with Crippen molar-refractivity contribution < 1.29 is 19.1 Å². The Hall–Kier alpha value is -3.16. The minimum atomic E-state index is -0.440. The third kappa shape index (κ3) is 6.46. The van der Waals surface area contributed by atoms with Gasteiger partial charge in [-0.2, -0.15) is 0 Å². The number of hydrogen-bond acceptors (Lipinski definition) is 5. The number of nitrogens with one attached hydrogen (secondary N) is 1. The number of hydrogen-bond donors (Lipinski definition) is 1. The summed E-state index contributed by atoms with van der Waals surface area (Å²) >= 11 is 0. The Labute approximate surface area is 201 Å². The molecule has 4 amide bonds. The van der Waals surface area contributed by atoms with Crippen molar-refractivity contribution in [3.05, 3.63) is 41.5 Å². The Kier molecular flexibility index (Phi) is 8.33. The zero-order valence-electron chi connectivity index (χ0n) is 19.7. The van der Waals surface area contributed by atoms with Gasteiger partial charge >= 0.3 is 6.03 Å². The highest BCUT2D eigenvalue weighted by Crippen LogP contribution is 2.26. The van der Waals surface area contributed by atoms with Gasteiger partial charge in [-0.25, -0.2) is 4.79 Å². The third-order valence-corrected chi connectivity index (χ3v) is 6.79. The fourth-order valence-electron chi connectivity index (χ4n) is 4.74. The molecule has 1 N–H and O–H groups in total. The molecule has 8 heteroatoms. The highest BCUT2D eigenvalue weighted by Gasteiger charge is 2.26. The number of amides is 4. The van der Waals surface area contributed by atoms with Crippen LogP contribution in [0.2, 0.25) is 0 Å². The minimum Gasteiger partial charge on any atom is -0.494 e. The first-order valence-corrected chi connectivity index (χ1v) is 12.4. The van der Waals surface area contributed by atoms with Crippen LogP contribution >= 0.6 is 0 Å². The van der Waals surface area contributed by atoms with Crippen LogP contribution in [0.25, 0.3) is 0 Å². The molecule has 3 aliphatic rings. The largest absolute Gasteiger partial charge is 0.494 e. The van der Waals surface area contributed by atoms with Gasteiger partial charge in [-0.15, -0.1) is 0 Å². The van der Waals surface area contributed by atoms with E-state index < -0.39 is 11.9 Å². The molecule has 0 atom stereocenters. The van der Waals surface area contributed by atoms with Gasteiger partial charge in [0.25, 0.3) is 11.8 Å². The molecule has 1 aromatic rings. The Balaban J connectivity index is 1.23. The summed E-state index contributed by atoms with van der Waals surface area (Å²) < 4.78 is 5.94. The molecule has 34 heavy (non-hydrogen) atoms. The molecular weight excluding hydrogens is 432 g/mol. The van der Waals surface area contributed by atoms with Crippen LogP contribution in [0.5, 0.6) is 5.75 Å². The lowest BCUT2D eigenvalue weighted by molar-refractivity contribution is -0.116. The number of benzene rings is 1. The summed E-state index contributed by atoms with van der Waals surface area (Å²) in [4.78, 5) is 45.1. The van der Waals surface area contributed by atoms with Crippen LogP contribution in [0.15, 0.2) is 40.9 Å². The van der Waals surface area contributed by atoms with Crippen LogP contribution in [0.4, 0.5) is 4.79 Å². The molecular formula is C26H34N4O4. The highest BCUT2D eigenvalue weighted by molar-refractivity contribution is 6.16. The molecule has 0 unspecified atom stereocenters. The zero-order chi connectivity index (χ0) is 23.8. The Bertz CT molecular complexity index is 944. The number of carbonyl (C=O) groups excluding carboxylic acids is 3. The van der Waals surface area contributed by atoms with Crippen molar-refractivity contribution >= 4 is 24.1 Å². The molecule has 182 valence electrons. The molecule has 8 nitrogen and oxygen atoms in total. The van der Waals surface area contributed by atoms with Crippen LogP contribution in [0, 0.1) is 5.92 Å². The molecule has 2 aliphatic heterocycles. The van der Waals surface area contributed by atoms with Crippen molar-refractivity contribution in [3.8, 4) is 5.75 Å². The quantitative estimate of drug-likeness (QED) is 0.695. The lowest BCUT2D eigenvalue weighted by atomic mass is 9.87. The maximum Gasteiger partial charge on any atom is 0.324 e. The van der Waals surface area contributed by atoms with Crippen LogP contribution in [-0.4, -0.2) is 73.2 Å². The van der Waals surface area contributed by atoms with E-state index in [0.717, 1.165) is 18.1 Å². The van der Waals surface area contributed by atoms with Crippen LogP contribution in [0.3, 0.4) is 0 Å². The van der Waals surface area contributed by atoms with Crippen molar-refractivity contribution in [1.82, 2.24) is 15.1 Å². The maximum atomic E-state index is 13.0. The van der Waals surface area contributed by atoms with Crippen molar-refractivity contribution in [1.29, 1.82) is 0 Å². The van der Waals surface area contributed by atoms with E-state index in [9.17, 15) is 14.4 Å². The number of rotatable bonds is 6. The smallest absolute Gasteiger partial charge is 0.324 e. The van der Waals surface area contributed by atoms with E-state index in [-0.39, 0.29) is 5.91 Å². The molecule has 4 rings (SSSR count).